The maximum Gasteiger partial charge on any atom is 0.337 e. The van der Waals surface area contributed by atoms with Gasteiger partial charge in [0.2, 0.25) is 0 Å². The molecule has 0 heterocycles. The molecule has 4 nitrogen and oxygen atoms in total. The second-order valence-corrected chi connectivity index (χ2v) is 4.57. The molecule has 0 aliphatic rings. The van der Waals surface area contributed by atoms with Crippen LogP contribution in [0.2, 0.25) is 0 Å². The van der Waals surface area contributed by atoms with Crippen LogP contribution in [0.4, 0.5) is 5.69 Å². The summed E-state index contributed by atoms with van der Waals surface area (Å²) in [6, 6.07) is 9.02. The minimum absolute atomic E-state index is 0.288. The Balaban J connectivity index is 3.04. The number of aromatic carboxylic acids is 1. The minimum atomic E-state index is -0.934. The molecule has 0 aliphatic carbocycles. The summed E-state index contributed by atoms with van der Waals surface area (Å²) in [5, 5.41) is 17.9. The van der Waals surface area contributed by atoms with Gasteiger partial charge in [-0.1, -0.05) is 26.0 Å². The highest BCUT2D eigenvalue weighted by Crippen LogP contribution is 2.21. The predicted octanol–water partition coefficient (Wildman–Crippen LogP) is 2.76. The number of hydrogen-bond acceptors (Lipinski definition) is 3. The van der Waals surface area contributed by atoms with E-state index in [0.717, 1.165) is 6.54 Å². The van der Waals surface area contributed by atoms with E-state index in [1.54, 1.807) is 18.2 Å². The van der Waals surface area contributed by atoms with Crippen molar-refractivity contribution in [3.63, 3.8) is 0 Å². The van der Waals surface area contributed by atoms with Crippen LogP contribution in [0.1, 0.15) is 30.6 Å². The average Bonchev–Trinajstić information content (AvgIpc) is 2.34. The van der Waals surface area contributed by atoms with E-state index >= 15 is 0 Å². The van der Waals surface area contributed by atoms with Gasteiger partial charge in [-0.2, -0.15) is 5.26 Å². The van der Waals surface area contributed by atoms with Crippen molar-refractivity contribution in [3.8, 4) is 6.07 Å². The van der Waals surface area contributed by atoms with Gasteiger partial charge in [0.15, 0.2) is 0 Å². The Labute approximate surface area is 107 Å². The second-order valence-electron chi connectivity index (χ2n) is 4.57. The zero-order chi connectivity index (χ0) is 13.5. The quantitative estimate of drug-likeness (QED) is 0.838. The molecule has 0 amide bonds. The van der Waals surface area contributed by atoms with Gasteiger partial charge in [-0.3, -0.25) is 0 Å². The summed E-state index contributed by atoms with van der Waals surface area (Å²) in [6.07, 6.45) is 0.390. The molecule has 0 saturated carbocycles. The van der Waals surface area contributed by atoms with Crippen LogP contribution < -0.4 is 4.90 Å². The van der Waals surface area contributed by atoms with Crippen LogP contribution in [0.3, 0.4) is 0 Å². The van der Waals surface area contributed by atoms with Crippen molar-refractivity contribution in [3.05, 3.63) is 29.8 Å². The first-order valence-corrected chi connectivity index (χ1v) is 6.00. The SMILES string of the molecule is CC(C)CN(CCC#N)c1ccccc1C(=O)O. The van der Waals surface area contributed by atoms with E-state index in [1.165, 1.54) is 0 Å². The first-order valence-electron chi connectivity index (χ1n) is 6.00. The fourth-order valence-electron chi connectivity index (χ4n) is 1.87. The number of benzene rings is 1. The molecular formula is C14H18N2O2. The molecular weight excluding hydrogens is 228 g/mol. The van der Waals surface area contributed by atoms with E-state index in [1.807, 2.05) is 11.0 Å². The topological polar surface area (TPSA) is 64.3 Å². The lowest BCUT2D eigenvalue weighted by molar-refractivity contribution is 0.0697. The standard InChI is InChI=1S/C14H18N2O2/c1-11(2)10-16(9-5-8-15)13-7-4-3-6-12(13)14(17)18/h3-4,6-7,11H,5,9-10H2,1-2H3,(H,17,18). The van der Waals surface area contributed by atoms with Crippen LogP contribution in [0.15, 0.2) is 24.3 Å². The lowest BCUT2D eigenvalue weighted by atomic mass is 10.1. The van der Waals surface area contributed by atoms with Crippen molar-refractivity contribution in [2.75, 3.05) is 18.0 Å². The smallest absolute Gasteiger partial charge is 0.337 e. The van der Waals surface area contributed by atoms with E-state index < -0.39 is 5.97 Å². The Hall–Kier alpha value is -2.02. The molecule has 4 heteroatoms. The number of rotatable bonds is 6. The molecule has 0 spiro atoms. The third-order valence-electron chi connectivity index (χ3n) is 2.55. The van der Waals surface area contributed by atoms with Gasteiger partial charge in [0, 0.05) is 13.1 Å². The van der Waals surface area contributed by atoms with Gasteiger partial charge in [-0.15, -0.1) is 0 Å². The van der Waals surface area contributed by atoms with Crippen LogP contribution in [-0.2, 0) is 0 Å². The molecule has 96 valence electrons. The third kappa shape index (κ3) is 3.77. The fourth-order valence-corrected chi connectivity index (χ4v) is 1.87. The number of nitriles is 1. The van der Waals surface area contributed by atoms with E-state index in [2.05, 4.69) is 19.9 Å². The molecule has 0 radical (unpaired) electrons. The predicted molar refractivity (Wildman–Crippen MR) is 70.7 cm³/mol. The largest absolute Gasteiger partial charge is 0.478 e. The number of nitrogens with zero attached hydrogens (tertiary/aromatic N) is 2. The van der Waals surface area contributed by atoms with Crippen LogP contribution in [-0.4, -0.2) is 24.2 Å². The van der Waals surface area contributed by atoms with Crippen LogP contribution in [0.25, 0.3) is 0 Å². The zero-order valence-electron chi connectivity index (χ0n) is 10.8. The highest BCUT2D eigenvalue weighted by molar-refractivity contribution is 5.94. The Morgan fingerprint density at radius 3 is 2.67 bits per heavy atom. The average molecular weight is 246 g/mol. The zero-order valence-corrected chi connectivity index (χ0v) is 10.8. The molecule has 1 aromatic rings. The summed E-state index contributed by atoms with van der Waals surface area (Å²) in [5.74, 6) is -0.526. The molecule has 1 rings (SSSR count). The highest BCUT2D eigenvalue weighted by Gasteiger charge is 2.15. The molecule has 0 aliphatic heterocycles. The first-order chi connectivity index (χ1) is 8.56. The van der Waals surface area contributed by atoms with Gasteiger partial charge in [0.25, 0.3) is 0 Å². The normalized spacial score (nSPS) is 10.1. The van der Waals surface area contributed by atoms with Crippen molar-refractivity contribution in [2.45, 2.75) is 20.3 Å². The first kappa shape index (κ1) is 14.0. The number of hydrogen-bond donors (Lipinski definition) is 1. The van der Waals surface area contributed by atoms with Crippen molar-refractivity contribution in [2.24, 2.45) is 5.92 Å². The van der Waals surface area contributed by atoms with Crippen molar-refractivity contribution in [1.82, 2.24) is 0 Å². The molecule has 0 unspecified atom stereocenters. The maximum atomic E-state index is 11.2. The van der Waals surface area contributed by atoms with E-state index in [-0.39, 0.29) is 5.56 Å². The molecule has 1 N–H and O–H groups in total. The third-order valence-corrected chi connectivity index (χ3v) is 2.55. The second kappa shape index (κ2) is 6.65. The summed E-state index contributed by atoms with van der Waals surface area (Å²) < 4.78 is 0. The molecule has 1 aromatic carbocycles. The summed E-state index contributed by atoms with van der Waals surface area (Å²) in [6.45, 7) is 5.44. The maximum absolute atomic E-state index is 11.2. The van der Waals surface area contributed by atoms with Crippen LogP contribution in [0.5, 0.6) is 0 Å². The highest BCUT2D eigenvalue weighted by atomic mass is 16.4. The summed E-state index contributed by atoms with van der Waals surface area (Å²) in [7, 11) is 0. The minimum Gasteiger partial charge on any atom is -0.478 e. The fraction of sp³-hybridized carbons (Fsp3) is 0.429. The lowest BCUT2D eigenvalue weighted by Gasteiger charge is -2.27. The van der Waals surface area contributed by atoms with Gasteiger partial charge >= 0.3 is 5.97 Å². The van der Waals surface area contributed by atoms with Crippen molar-refractivity contribution < 1.29 is 9.90 Å². The van der Waals surface area contributed by atoms with Crippen LogP contribution >= 0.6 is 0 Å². The lowest BCUT2D eigenvalue weighted by Crippen LogP contribution is -2.30. The number of para-hydroxylation sites is 1. The molecule has 18 heavy (non-hydrogen) atoms. The summed E-state index contributed by atoms with van der Waals surface area (Å²) >= 11 is 0. The number of carboxylic acids is 1. The van der Waals surface area contributed by atoms with Gasteiger partial charge in [0.05, 0.1) is 23.7 Å². The number of anilines is 1. The number of carboxylic acid groups (broad SMARTS) is 1. The molecule has 0 fully saturated rings. The molecule has 0 saturated heterocycles. The Kier molecular flexibility index (Phi) is 5.19. The molecule has 0 atom stereocenters. The van der Waals surface area contributed by atoms with Gasteiger partial charge in [-0.25, -0.2) is 4.79 Å². The Morgan fingerprint density at radius 1 is 1.44 bits per heavy atom. The van der Waals surface area contributed by atoms with E-state index in [4.69, 9.17) is 5.26 Å². The van der Waals surface area contributed by atoms with E-state index in [0.29, 0.717) is 24.6 Å². The van der Waals surface area contributed by atoms with E-state index in [9.17, 15) is 9.90 Å². The van der Waals surface area contributed by atoms with Crippen molar-refractivity contribution >= 4 is 11.7 Å². The molecule has 0 aromatic heterocycles. The molecule has 0 bridgehead atoms. The van der Waals surface area contributed by atoms with Crippen LogP contribution in [0, 0.1) is 17.2 Å². The Bertz CT molecular complexity index is 449. The van der Waals surface area contributed by atoms with Gasteiger partial charge in [-0.05, 0) is 18.1 Å². The Morgan fingerprint density at radius 2 is 2.11 bits per heavy atom. The monoisotopic (exact) mass is 246 g/mol. The summed E-state index contributed by atoms with van der Waals surface area (Å²) in [4.78, 5) is 13.2. The number of carbonyl (C=O) groups is 1. The van der Waals surface area contributed by atoms with Gasteiger partial charge in [0.1, 0.15) is 0 Å². The van der Waals surface area contributed by atoms with Crippen molar-refractivity contribution in [1.29, 1.82) is 5.26 Å². The summed E-state index contributed by atoms with van der Waals surface area (Å²) in [5.41, 5.74) is 0.977. The van der Waals surface area contributed by atoms with Gasteiger partial charge < -0.3 is 10.0 Å².